The maximum absolute atomic E-state index is 15.3. The van der Waals surface area contributed by atoms with E-state index in [1.165, 1.54) is 24.1 Å². The predicted molar refractivity (Wildman–Crippen MR) is 203 cm³/mol. The van der Waals surface area contributed by atoms with Crippen LogP contribution in [0.3, 0.4) is 0 Å². The number of rotatable bonds is 6. The monoisotopic (exact) mass is 902 g/mol. The Kier molecular flexibility index (Phi) is 9.16. The van der Waals surface area contributed by atoms with Gasteiger partial charge < -0.3 is 9.84 Å². The summed E-state index contributed by atoms with van der Waals surface area (Å²) in [6.45, 7) is 0. The first-order valence-electron chi connectivity index (χ1n) is 17.0. The lowest BCUT2D eigenvalue weighted by Gasteiger charge is -2.50. The SMILES string of the molecule is COc1cc(O)ccc1C1C2=CCC3C(=O)N(c4ccc(I)cc4)C(=O)C3C2CC2C(=O)N(Nc3ncc(C(F)(F)F)cc3Cl)C(=O)C21c1ccc(Cl)cc1. The summed E-state index contributed by atoms with van der Waals surface area (Å²) in [6, 6.07) is 18.4. The van der Waals surface area contributed by atoms with Crippen LogP contribution in [-0.4, -0.2) is 45.8 Å². The van der Waals surface area contributed by atoms with Gasteiger partial charge in [0.1, 0.15) is 11.5 Å². The molecule has 1 saturated carbocycles. The number of carbonyl (C=O) groups excluding carboxylic acids is 4. The number of nitrogens with zero attached hydrogens (tertiary/aromatic N) is 3. The highest BCUT2D eigenvalue weighted by atomic mass is 127. The Morgan fingerprint density at radius 2 is 1.65 bits per heavy atom. The molecule has 2 aliphatic carbocycles. The minimum absolute atomic E-state index is 0.0526. The highest BCUT2D eigenvalue weighted by molar-refractivity contribution is 14.1. The van der Waals surface area contributed by atoms with Crippen molar-refractivity contribution in [2.45, 2.75) is 30.4 Å². The number of hydrazine groups is 1. The maximum atomic E-state index is 15.3. The average molecular weight is 903 g/mol. The van der Waals surface area contributed by atoms with Crippen LogP contribution in [0.4, 0.5) is 24.7 Å². The standard InChI is InChI=1S/C39H28Cl2F3IN4O6/c1-55-30-15-23(50)10-11-25(30)32-24-12-13-26-31(36(53)48(34(26)51)22-8-6-21(45)7-9-22)27(24)16-28-35(52)49(37(54)38(28,32)18-2-4-20(40)5-3-18)47-33-29(41)14-19(17-46-33)39(42,43)44/h2-12,14-15,17,26-28,31-32,50H,13,16H2,1H3,(H,46,47). The zero-order chi connectivity index (χ0) is 39.1. The molecule has 16 heteroatoms. The number of amides is 4. The number of aromatic hydroxyl groups is 1. The van der Waals surface area contributed by atoms with E-state index < -0.39 is 69.5 Å². The summed E-state index contributed by atoms with van der Waals surface area (Å²) >= 11 is 14.7. The van der Waals surface area contributed by atoms with E-state index in [-0.39, 0.29) is 36.1 Å². The second-order valence-corrected chi connectivity index (χ2v) is 15.9. The number of pyridine rings is 1. The van der Waals surface area contributed by atoms with Gasteiger partial charge in [-0.1, -0.05) is 53.1 Å². The summed E-state index contributed by atoms with van der Waals surface area (Å²) in [5, 5.41) is 11.1. The van der Waals surface area contributed by atoms with Gasteiger partial charge in [-0.25, -0.2) is 4.98 Å². The smallest absolute Gasteiger partial charge is 0.417 e. The lowest BCUT2D eigenvalue weighted by Crippen LogP contribution is -2.53. The Labute approximate surface area is 335 Å². The summed E-state index contributed by atoms with van der Waals surface area (Å²) in [4.78, 5) is 63.7. The molecule has 4 amide bonds. The summed E-state index contributed by atoms with van der Waals surface area (Å²) in [5.41, 5.74) is 1.54. The topological polar surface area (TPSA) is 129 Å². The number of benzene rings is 3. The van der Waals surface area contributed by atoms with Crippen molar-refractivity contribution >= 4 is 80.9 Å². The number of nitrogens with one attached hydrogen (secondary N) is 1. The highest BCUT2D eigenvalue weighted by Crippen LogP contribution is 2.65. The lowest BCUT2D eigenvalue weighted by atomic mass is 9.49. The Balaban J connectivity index is 1.32. The van der Waals surface area contributed by atoms with Gasteiger partial charge in [-0.05, 0) is 95.4 Å². The number of ether oxygens (including phenoxy) is 1. The van der Waals surface area contributed by atoms with Crippen LogP contribution >= 0.6 is 45.8 Å². The minimum Gasteiger partial charge on any atom is -0.508 e. The Morgan fingerprint density at radius 1 is 0.945 bits per heavy atom. The number of carbonyl (C=O) groups is 4. The van der Waals surface area contributed by atoms with Crippen molar-refractivity contribution in [3.8, 4) is 11.5 Å². The van der Waals surface area contributed by atoms with Crippen molar-refractivity contribution in [2.24, 2.45) is 23.7 Å². The zero-order valence-corrected chi connectivity index (χ0v) is 32.2. The van der Waals surface area contributed by atoms with E-state index in [4.69, 9.17) is 27.9 Å². The molecule has 55 heavy (non-hydrogen) atoms. The number of hydrogen-bond acceptors (Lipinski definition) is 8. The number of allylic oxidation sites excluding steroid dienone is 2. The molecule has 282 valence electrons. The third-order valence-electron chi connectivity index (χ3n) is 11.2. The van der Waals surface area contributed by atoms with Crippen LogP contribution in [0.5, 0.6) is 11.5 Å². The fourth-order valence-electron chi connectivity index (χ4n) is 8.91. The van der Waals surface area contributed by atoms with Crippen LogP contribution < -0.4 is 15.1 Å². The molecule has 10 nitrogen and oxygen atoms in total. The fourth-order valence-corrected chi connectivity index (χ4v) is 9.60. The van der Waals surface area contributed by atoms with Crippen molar-refractivity contribution in [1.82, 2.24) is 9.99 Å². The van der Waals surface area contributed by atoms with Crippen LogP contribution in [0.15, 0.2) is 90.6 Å². The van der Waals surface area contributed by atoms with Crippen molar-refractivity contribution < 1.29 is 42.2 Å². The Morgan fingerprint density at radius 3 is 2.31 bits per heavy atom. The summed E-state index contributed by atoms with van der Waals surface area (Å²) in [5.74, 6) is -7.25. The third-order valence-corrected chi connectivity index (χ3v) is 12.4. The molecule has 3 fully saturated rings. The lowest BCUT2D eigenvalue weighted by molar-refractivity contribution is -0.139. The molecule has 0 bridgehead atoms. The number of alkyl halides is 3. The highest BCUT2D eigenvalue weighted by Gasteiger charge is 2.70. The first-order valence-corrected chi connectivity index (χ1v) is 18.8. The Hall–Kier alpha value is -4.67. The zero-order valence-electron chi connectivity index (χ0n) is 28.5. The van der Waals surface area contributed by atoms with Gasteiger partial charge in [-0.3, -0.25) is 29.5 Å². The summed E-state index contributed by atoms with van der Waals surface area (Å²) in [7, 11) is 1.39. The van der Waals surface area contributed by atoms with Gasteiger partial charge >= 0.3 is 6.18 Å². The van der Waals surface area contributed by atoms with E-state index in [1.807, 2.05) is 6.08 Å². The number of methoxy groups -OCH3 is 1. The van der Waals surface area contributed by atoms with Gasteiger partial charge in [-0.15, -0.1) is 0 Å². The maximum Gasteiger partial charge on any atom is 0.417 e. The van der Waals surface area contributed by atoms with E-state index in [1.54, 1.807) is 54.6 Å². The van der Waals surface area contributed by atoms with Gasteiger partial charge in [0, 0.05) is 32.3 Å². The van der Waals surface area contributed by atoms with E-state index in [9.17, 15) is 32.7 Å². The first-order chi connectivity index (χ1) is 26.2. The Bertz CT molecular complexity index is 2330. The van der Waals surface area contributed by atoms with Crippen molar-refractivity contribution in [3.63, 3.8) is 0 Å². The largest absolute Gasteiger partial charge is 0.508 e. The molecule has 1 aromatic heterocycles. The molecule has 0 radical (unpaired) electrons. The normalized spacial score (nSPS) is 26.1. The molecule has 6 unspecified atom stereocenters. The molecule has 6 atom stereocenters. The van der Waals surface area contributed by atoms with Crippen LogP contribution in [0, 0.1) is 27.2 Å². The summed E-state index contributed by atoms with van der Waals surface area (Å²) < 4.78 is 47.1. The van der Waals surface area contributed by atoms with E-state index in [2.05, 4.69) is 33.0 Å². The molecule has 8 rings (SSSR count). The first kappa shape index (κ1) is 37.3. The van der Waals surface area contributed by atoms with Crippen molar-refractivity contribution in [3.05, 3.63) is 121 Å². The molecular formula is C39H28Cl2F3IN4O6. The summed E-state index contributed by atoms with van der Waals surface area (Å²) in [6.07, 6.45) is -2.25. The molecule has 2 saturated heterocycles. The van der Waals surface area contributed by atoms with E-state index in [0.29, 0.717) is 39.7 Å². The van der Waals surface area contributed by atoms with Gasteiger partial charge in [0.2, 0.25) is 11.8 Å². The van der Waals surface area contributed by atoms with Gasteiger partial charge in [-0.2, -0.15) is 18.2 Å². The van der Waals surface area contributed by atoms with E-state index >= 15 is 4.79 Å². The van der Waals surface area contributed by atoms with Crippen LogP contribution in [0.1, 0.15) is 35.4 Å². The quantitative estimate of drug-likeness (QED) is 0.114. The van der Waals surface area contributed by atoms with Crippen molar-refractivity contribution in [1.29, 1.82) is 0 Å². The van der Waals surface area contributed by atoms with Gasteiger partial charge in [0.25, 0.3) is 11.8 Å². The molecule has 0 spiro atoms. The average Bonchev–Trinajstić information content (AvgIpc) is 3.53. The third kappa shape index (κ3) is 5.77. The number of phenolic OH excluding ortho intramolecular Hbond substituents is 1. The molecule has 3 aromatic carbocycles. The fraction of sp³-hybridized carbons (Fsp3) is 0.256. The number of fused-ring (bicyclic) bond motifs is 4. The van der Waals surface area contributed by atoms with Crippen LogP contribution in [-0.2, 0) is 30.8 Å². The molecule has 4 aliphatic rings. The number of anilines is 2. The second-order valence-electron chi connectivity index (χ2n) is 13.8. The number of halogens is 6. The molecule has 2 N–H and O–H groups in total. The number of aromatic nitrogens is 1. The molecule has 4 aromatic rings. The molecule has 2 aliphatic heterocycles. The van der Waals surface area contributed by atoms with Gasteiger partial charge in [0.05, 0.1) is 46.6 Å². The number of phenols is 1. The van der Waals surface area contributed by atoms with Crippen LogP contribution in [0.25, 0.3) is 0 Å². The molecular weight excluding hydrogens is 875 g/mol. The second kappa shape index (κ2) is 13.5. The number of hydrogen-bond donors (Lipinski definition) is 2. The minimum atomic E-state index is -4.76. The number of imide groups is 2. The van der Waals surface area contributed by atoms with Crippen molar-refractivity contribution in [2.75, 3.05) is 17.4 Å². The van der Waals surface area contributed by atoms with Gasteiger partial charge in [0.15, 0.2) is 5.82 Å². The van der Waals surface area contributed by atoms with Crippen LogP contribution in [0.2, 0.25) is 10.0 Å². The molecule has 3 heterocycles. The predicted octanol–water partition coefficient (Wildman–Crippen LogP) is 7.92. The van der Waals surface area contributed by atoms with E-state index in [0.717, 1.165) is 8.58 Å².